The van der Waals surface area contributed by atoms with E-state index in [1.165, 1.54) is 11.8 Å². The topological polar surface area (TPSA) is 69.6 Å². The van der Waals surface area contributed by atoms with Crippen molar-refractivity contribution in [3.63, 3.8) is 0 Å². The predicted molar refractivity (Wildman–Crippen MR) is 78.7 cm³/mol. The van der Waals surface area contributed by atoms with Crippen LogP contribution < -0.4 is 5.32 Å². The van der Waals surface area contributed by atoms with Crippen molar-refractivity contribution in [1.29, 1.82) is 0 Å². The van der Waals surface area contributed by atoms with Crippen molar-refractivity contribution in [3.8, 4) is 0 Å². The van der Waals surface area contributed by atoms with Gasteiger partial charge < -0.3 is 10.3 Å². The van der Waals surface area contributed by atoms with Gasteiger partial charge in [0.2, 0.25) is 5.91 Å². The molecule has 0 saturated carbocycles. The molecule has 0 radical (unpaired) electrons. The summed E-state index contributed by atoms with van der Waals surface area (Å²) in [5.74, 6) is 0.392. The van der Waals surface area contributed by atoms with Crippen molar-refractivity contribution in [3.05, 3.63) is 35.5 Å². The molecule has 19 heavy (non-hydrogen) atoms. The van der Waals surface area contributed by atoms with Crippen LogP contribution in [0, 0.1) is 6.92 Å². The van der Waals surface area contributed by atoms with E-state index >= 15 is 0 Å². The first-order chi connectivity index (χ1) is 9.22. The molecule has 96 valence electrons. The highest BCUT2D eigenvalue weighted by Crippen LogP contribution is 2.18. The molecule has 1 aromatic heterocycles. The lowest BCUT2D eigenvalue weighted by molar-refractivity contribution is -0.116. The third-order valence-corrected chi connectivity index (χ3v) is 3.63. The Balaban J connectivity index is 1.87. The summed E-state index contributed by atoms with van der Waals surface area (Å²) in [6, 6.07) is 8.06. The number of aromatic nitrogens is 1. The van der Waals surface area contributed by atoms with Gasteiger partial charge in [-0.25, -0.2) is 0 Å². The summed E-state index contributed by atoms with van der Waals surface area (Å²) >= 11 is 1.36. The number of aryl methyl sites for hydroxylation is 1. The Morgan fingerprint density at radius 1 is 1.42 bits per heavy atom. The van der Waals surface area contributed by atoms with Crippen molar-refractivity contribution in [2.45, 2.75) is 6.92 Å². The first-order valence-corrected chi connectivity index (χ1v) is 6.83. The standard InChI is InChI=1S/C13H12N4OS/c1-8-5-10-9(3-2-4-11(10)15-8)6-14-17-13-16-12(18)7-19-13/h2-6,15H,7H2,1H3,(H,16,17,18). The zero-order chi connectivity index (χ0) is 13.2. The van der Waals surface area contributed by atoms with Gasteiger partial charge in [-0.3, -0.25) is 4.79 Å². The Hall–Kier alpha value is -2.08. The van der Waals surface area contributed by atoms with Gasteiger partial charge >= 0.3 is 0 Å². The van der Waals surface area contributed by atoms with E-state index in [2.05, 4.69) is 26.6 Å². The van der Waals surface area contributed by atoms with Crippen molar-refractivity contribution in [2.75, 3.05) is 5.75 Å². The fourth-order valence-corrected chi connectivity index (χ4v) is 2.58. The second-order valence-electron chi connectivity index (χ2n) is 4.25. The molecule has 0 spiro atoms. The van der Waals surface area contributed by atoms with Gasteiger partial charge in [0.1, 0.15) is 0 Å². The fraction of sp³-hybridized carbons (Fsp3) is 0.154. The van der Waals surface area contributed by atoms with Crippen LogP contribution in [0.5, 0.6) is 0 Å². The highest BCUT2D eigenvalue weighted by atomic mass is 32.2. The molecule has 1 amide bonds. The molecule has 1 aliphatic heterocycles. The number of nitrogens with zero attached hydrogens (tertiary/aromatic N) is 2. The average Bonchev–Trinajstić information content (AvgIpc) is 2.95. The van der Waals surface area contributed by atoms with Crippen LogP contribution in [-0.2, 0) is 4.79 Å². The van der Waals surface area contributed by atoms with E-state index in [1.807, 2.05) is 25.1 Å². The number of carbonyl (C=O) groups excluding carboxylic acids is 1. The third-order valence-electron chi connectivity index (χ3n) is 2.76. The fourth-order valence-electron chi connectivity index (χ4n) is 1.95. The molecule has 2 aromatic rings. The molecule has 2 N–H and O–H groups in total. The molecule has 5 nitrogen and oxygen atoms in total. The Morgan fingerprint density at radius 3 is 3.11 bits per heavy atom. The van der Waals surface area contributed by atoms with Gasteiger partial charge in [-0.15, -0.1) is 5.10 Å². The minimum Gasteiger partial charge on any atom is -0.359 e. The van der Waals surface area contributed by atoms with Crippen LogP contribution in [0.2, 0.25) is 0 Å². The van der Waals surface area contributed by atoms with E-state index in [0.29, 0.717) is 10.9 Å². The Kier molecular flexibility index (Phi) is 3.08. The number of hydrogen-bond acceptors (Lipinski definition) is 4. The molecular formula is C13H12N4OS. The van der Waals surface area contributed by atoms with E-state index in [0.717, 1.165) is 22.2 Å². The zero-order valence-corrected chi connectivity index (χ0v) is 11.1. The van der Waals surface area contributed by atoms with Crippen LogP contribution in [0.25, 0.3) is 10.9 Å². The maximum Gasteiger partial charge on any atom is 0.236 e. The number of aromatic amines is 1. The lowest BCUT2D eigenvalue weighted by Gasteiger charge is -1.94. The molecule has 0 bridgehead atoms. The lowest BCUT2D eigenvalue weighted by atomic mass is 10.1. The van der Waals surface area contributed by atoms with Crippen molar-refractivity contribution in [1.82, 2.24) is 10.3 Å². The normalized spacial score (nSPS) is 17.7. The van der Waals surface area contributed by atoms with E-state index in [4.69, 9.17) is 0 Å². The van der Waals surface area contributed by atoms with Gasteiger partial charge in [-0.05, 0) is 19.1 Å². The van der Waals surface area contributed by atoms with Crippen molar-refractivity contribution in [2.24, 2.45) is 10.2 Å². The van der Waals surface area contributed by atoms with Crippen LogP contribution in [0.3, 0.4) is 0 Å². The van der Waals surface area contributed by atoms with Gasteiger partial charge in [0.25, 0.3) is 0 Å². The van der Waals surface area contributed by atoms with Crippen LogP contribution in [-0.4, -0.2) is 28.0 Å². The van der Waals surface area contributed by atoms with Gasteiger partial charge in [-0.1, -0.05) is 23.9 Å². The smallest absolute Gasteiger partial charge is 0.236 e. The summed E-state index contributed by atoms with van der Waals surface area (Å²) in [7, 11) is 0. The summed E-state index contributed by atoms with van der Waals surface area (Å²) < 4.78 is 0. The van der Waals surface area contributed by atoms with E-state index in [1.54, 1.807) is 6.21 Å². The number of fused-ring (bicyclic) bond motifs is 1. The Morgan fingerprint density at radius 2 is 2.32 bits per heavy atom. The molecular weight excluding hydrogens is 260 g/mol. The zero-order valence-electron chi connectivity index (χ0n) is 10.3. The number of thioether (sulfide) groups is 1. The van der Waals surface area contributed by atoms with Crippen LogP contribution >= 0.6 is 11.8 Å². The number of benzene rings is 1. The SMILES string of the molecule is Cc1cc2c(C=NN=C3NC(=O)CS3)cccc2[nH]1. The number of amides is 1. The number of carbonyl (C=O) groups is 1. The molecule has 0 aliphatic carbocycles. The second kappa shape index (κ2) is 4.89. The monoisotopic (exact) mass is 272 g/mol. The molecule has 2 heterocycles. The minimum atomic E-state index is -0.0256. The van der Waals surface area contributed by atoms with Crippen LogP contribution in [0.4, 0.5) is 0 Å². The molecule has 0 atom stereocenters. The van der Waals surface area contributed by atoms with E-state index < -0.39 is 0 Å². The summed E-state index contributed by atoms with van der Waals surface area (Å²) in [6.07, 6.45) is 1.70. The van der Waals surface area contributed by atoms with Gasteiger partial charge in [-0.2, -0.15) is 5.10 Å². The third kappa shape index (κ3) is 2.53. The van der Waals surface area contributed by atoms with Gasteiger partial charge in [0, 0.05) is 22.2 Å². The molecule has 1 fully saturated rings. The molecule has 1 saturated heterocycles. The molecule has 3 rings (SSSR count). The van der Waals surface area contributed by atoms with E-state index in [9.17, 15) is 4.79 Å². The summed E-state index contributed by atoms with van der Waals surface area (Å²) in [6.45, 7) is 2.02. The maximum absolute atomic E-state index is 11.0. The number of rotatable bonds is 2. The summed E-state index contributed by atoms with van der Waals surface area (Å²) in [5, 5.41) is 12.3. The first kappa shape index (κ1) is 12.0. The highest BCUT2D eigenvalue weighted by molar-refractivity contribution is 8.15. The number of nitrogens with one attached hydrogen (secondary N) is 2. The molecule has 0 unspecified atom stereocenters. The van der Waals surface area contributed by atoms with Crippen LogP contribution in [0.1, 0.15) is 11.3 Å². The predicted octanol–water partition coefficient (Wildman–Crippen LogP) is 2.03. The first-order valence-electron chi connectivity index (χ1n) is 5.84. The van der Waals surface area contributed by atoms with Crippen LogP contribution in [0.15, 0.2) is 34.5 Å². The quantitative estimate of drug-likeness (QED) is 0.648. The summed E-state index contributed by atoms with van der Waals surface area (Å²) in [5.41, 5.74) is 3.19. The maximum atomic E-state index is 11.0. The Bertz CT molecular complexity index is 702. The van der Waals surface area contributed by atoms with Gasteiger partial charge in [0.15, 0.2) is 5.17 Å². The van der Waals surface area contributed by atoms with Crippen molar-refractivity contribution >= 4 is 40.0 Å². The second-order valence-corrected chi connectivity index (χ2v) is 5.21. The minimum absolute atomic E-state index is 0.0256. The molecule has 6 heteroatoms. The van der Waals surface area contributed by atoms with Gasteiger partial charge in [0.05, 0.1) is 12.0 Å². The number of hydrogen-bond donors (Lipinski definition) is 2. The largest absolute Gasteiger partial charge is 0.359 e. The molecule has 1 aromatic carbocycles. The summed E-state index contributed by atoms with van der Waals surface area (Å²) in [4.78, 5) is 14.3. The molecule has 1 aliphatic rings. The van der Waals surface area contributed by atoms with Crippen molar-refractivity contribution < 1.29 is 4.79 Å². The highest BCUT2D eigenvalue weighted by Gasteiger charge is 2.15. The average molecular weight is 272 g/mol. The number of amidine groups is 1. The van der Waals surface area contributed by atoms with E-state index in [-0.39, 0.29) is 5.91 Å². The number of H-pyrrole nitrogens is 1. The Labute approximate surface area is 114 Å². The lowest BCUT2D eigenvalue weighted by Crippen LogP contribution is -2.19.